The van der Waals surface area contributed by atoms with Gasteiger partial charge in [-0.25, -0.2) is 9.37 Å². The van der Waals surface area contributed by atoms with Crippen LogP contribution in [0.4, 0.5) is 4.39 Å². The van der Waals surface area contributed by atoms with Crippen molar-refractivity contribution in [2.75, 3.05) is 0 Å². The summed E-state index contributed by atoms with van der Waals surface area (Å²) in [5, 5.41) is 5.89. The Morgan fingerprint density at radius 1 is 1.33 bits per heavy atom. The molecule has 27 heavy (non-hydrogen) atoms. The fourth-order valence-electron chi connectivity index (χ4n) is 2.14. The molecular weight excluding hydrogens is 345 g/mol. The predicted octanol–water partition coefficient (Wildman–Crippen LogP) is 3.29. The van der Waals surface area contributed by atoms with E-state index in [2.05, 4.69) is 27.0 Å². The molecule has 0 radical (unpaired) electrons. The molecule has 0 bridgehead atoms. The lowest BCUT2D eigenvalue weighted by Gasteiger charge is -1.99. The van der Waals surface area contributed by atoms with E-state index < -0.39 is 0 Å². The second-order valence-corrected chi connectivity index (χ2v) is 5.44. The standard InChI is InChI=1S/C20H22FN5O/c1-3-5-6-7-8-12-18-24-20-23-17(14-19(27)26(20)25-18)15-22-13-9-11-16(21)10-4-2/h3-11,13-14,22H,1,12,15H2,2H3,(H,23,24,25)/b6-5-,8-7-,10-4-,13-9+,16-11+. The minimum Gasteiger partial charge on any atom is -0.385 e. The fourth-order valence-corrected chi connectivity index (χ4v) is 2.14. The van der Waals surface area contributed by atoms with Gasteiger partial charge < -0.3 is 5.32 Å². The molecule has 0 saturated carbocycles. The summed E-state index contributed by atoms with van der Waals surface area (Å²) in [5.41, 5.74) is 0.305. The Hall–Kier alpha value is -3.48. The summed E-state index contributed by atoms with van der Waals surface area (Å²) < 4.78 is 14.5. The van der Waals surface area contributed by atoms with Crippen molar-refractivity contribution in [3.63, 3.8) is 0 Å². The molecule has 140 valence electrons. The Kier molecular flexibility index (Phi) is 7.71. The van der Waals surface area contributed by atoms with Gasteiger partial charge in [0.15, 0.2) is 0 Å². The van der Waals surface area contributed by atoms with Crippen LogP contribution in [0.3, 0.4) is 0 Å². The van der Waals surface area contributed by atoms with E-state index in [1.165, 1.54) is 22.7 Å². The summed E-state index contributed by atoms with van der Waals surface area (Å²) in [6.07, 6.45) is 17.1. The molecule has 0 aliphatic rings. The van der Waals surface area contributed by atoms with Crippen molar-refractivity contribution in [3.05, 3.63) is 101 Å². The third-order valence-electron chi connectivity index (χ3n) is 3.31. The lowest BCUT2D eigenvalue weighted by molar-refractivity contribution is 0.666. The van der Waals surface area contributed by atoms with Gasteiger partial charge in [-0.15, -0.1) is 0 Å². The van der Waals surface area contributed by atoms with Gasteiger partial charge in [0.2, 0.25) is 0 Å². The summed E-state index contributed by atoms with van der Waals surface area (Å²) in [5.74, 6) is 0.608. The maximum atomic E-state index is 13.1. The first kappa shape index (κ1) is 19.8. The highest BCUT2D eigenvalue weighted by Gasteiger charge is 2.06. The number of hydrogen-bond acceptors (Lipinski definition) is 4. The molecule has 7 heteroatoms. The average Bonchev–Trinajstić information content (AvgIpc) is 3.05. The van der Waals surface area contributed by atoms with Crippen molar-refractivity contribution in [1.82, 2.24) is 24.9 Å². The number of H-pyrrole nitrogens is 1. The quantitative estimate of drug-likeness (QED) is 0.667. The third-order valence-corrected chi connectivity index (χ3v) is 3.31. The summed E-state index contributed by atoms with van der Waals surface area (Å²) in [4.78, 5) is 20.9. The number of rotatable bonds is 9. The summed E-state index contributed by atoms with van der Waals surface area (Å²) in [6.45, 7) is 5.66. The van der Waals surface area contributed by atoms with Crippen LogP contribution >= 0.6 is 0 Å². The molecule has 6 nitrogen and oxygen atoms in total. The number of aromatic nitrogens is 4. The highest BCUT2D eigenvalue weighted by atomic mass is 19.1. The van der Waals surface area contributed by atoms with Crippen molar-refractivity contribution in [2.45, 2.75) is 19.9 Å². The van der Waals surface area contributed by atoms with E-state index in [1.807, 2.05) is 24.3 Å². The normalized spacial score (nSPS) is 13.0. The lowest BCUT2D eigenvalue weighted by Crippen LogP contribution is -2.18. The van der Waals surface area contributed by atoms with E-state index >= 15 is 0 Å². The second kappa shape index (κ2) is 10.5. The van der Waals surface area contributed by atoms with E-state index in [9.17, 15) is 9.18 Å². The fraction of sp³-hybridized carbons (Fsp3) is 0.150. The molecule has 2 aromatic heterocycles. The number of aromatic amines is 1. The second-order valence-electron chi connectivity index (χ2n) is 5.44. The third kappa shape index (κ3) is 6.39. The molecule has 0 aliphatic heterocycles. The Morgan fingerprint density at radius 2 is 2.19 bits per heavy atom. The van der Waals surface area contributed by atoms with Crippen LogP contribution in [0.2, 0.25) is 0 Å². The Balaban J connectivity index is 2.03. The zero-order chi connectivity index (χ0) is 19.5. The maximum Gasteiger partial charge on any atom is 0.274 e. The van der Waals surface area contributed by atoms with E-state index in [0.717, 1.165) is 0 Å². The van der Waals surface area contributed by atoms with Crippen molar-refractivity contribution in [2.24, 2.45) is 0 Å². The van der Waals surface area contributed by atoms with Crippen molar-refractivity contribution in [1.29, 1.82) is 0 Å². The molecule has 0 amide bonds. The van der Waals surface area contributed by atoms with Crippen LogP contribution in [-0.2, 0) is 13.0 Å². The molecule has 2 rings (SSSR count). The van der Waals surface area contributed by atoms with Crippen LogP contribution in [0.15, 0.2) is 84.2 Å². The Bertz CT molecular complexity index is 976. The van der Waals surface area contributed by atoms with Gasteiger partial charge in [-0.3, -0.25) is 9.89 Å². The zero-order valence-electron chi connectivity index (χ0n) is 15.1. The first-order valence-electron chi connectivity index (χ1n) is 8.44. The van der Waals surface area contributed by atoms with E-state index in [0.29, 0.717) is 30.3 Å². The highest BCUT2D eigenvalue weighted by molar-refractivity contribution is 5.28. The smallest absolute Gasteiger partial charge is 0.274 e. The monoisotopic (exact) mass is 367 g/mol. The number of fused-ring (bicyclic) bond motifs is 1. The average molecular weight is 367 g/mol. The van der Waals surface area contributed by atoms with Crippen LogP contribution in [0.25, 0.3) is 5.78 Å². The number of hydrogen-bond donors (Lipinski definition) is 2. The topological polar surface area (TPSA) is 75.1 Å². The van der Waals surface area contributed by atoms with E-state index in [1.54, 1.807) is 31.4 Å². The summed E-state index contributed by atoms with van der Waals surface area (Å²) in [7, 11) is 0. The largest absolute Gasteiger partial charge is 0.385 e. The predicted molar refractivity (Wildman–Crippen MR) is 106 cm³/mol. The van der Waals surface area contributed by atoms with Crippen molar-refractivity contribution in [3.8, 4) is 0 Å². The molecule has 0 unspecified atom stereocenters. The molecule has 2 aromatic rings. The zero-order valence-corrected chi connectivity index (χ0v) is 15.1. The molecular formula is C20H22FN5O. The number of allylic oxidation sites excluding steroid dienone is 10. The van der Waals surface area contributed by atoms with Gasteiger partial charge >= 0.3 is 0 Å². The first-order valence-corrected chi connectivity index (χ1v) is 8.44. The van der Waals surface area contributed by atoms with Gasteiger partial charge in [-0.05, 0) is 31.4 Å². The van der Waals surface area contributed by atoms with Crippen molar-refractivity contribution < 1.29 is 4.39 Å². The molecule has 0 fully saturated rings. The Morgan fingerprint density at radius 3 is 2.96 bits per heavy atom. The number of nitrogens with one attached hydrogen (secondary N) is 2. The first-order chi connectivity index (χ1) is 13.1. The summed E-state index contributed by atoms with van der Waals surface area (Å²) in [6, 6.07) is 1.43. The summed E-state index contributed by atoms with van der Waals surface area (Å²) >= 11 is 0. The van der Waals surface area contributed by atoms with Crippen molar-refractivity contribution >= 4 is 5.78 Å². The van der Waals surface area contributed by atoms with Gasteiger partial charge in [0, 0.05) is 12.5 Å². The molecule has 0 aromatic carbocycles. The van der Waals surface area contributed by atoms with Gasteiger partial charge in [-0.1, -0.05) is 43.0 Å². The molecule has 2 N–H and O–H groups in total. The Labute approximate surface area is 156 Å². The van der Waals surface area contributed by atoms with Crippen LogP contribution in [-0.4, -0.2) is 19.6 Å². The number of halogens is 1. The molecule has 2 heterocycles. The van der Waals surface area contributed by atoms with Gasteiger partial charge in [0.1, 0.15) is 11.7 Å². The lowest BCUT2D eigenvalue weighted by atomic mass is 10.3. The molecule has 0 spiro atoms. The van der Waals surface area contributed by atoms with E-state index in [4.69, 9.17) is 0 Å². The van der Waals surface area contributed by atoms with Crippen LogP contribution in [0.5, 0.6) is 0 Å². The minimum atomic E-state index is -0.341. The van der Waals surface area contributed by atoms with Crippen LogP contribution < -0.4 is 10.9 Å². The maximum absolute atomic E-state index is 13.1. The molecule has 0 saturated heterocycles. The van der Waals surface area contributed by atoms with Gasteiger partial charge in [0.25, 0.3) is 11.3 Å². The van der Waals surface area contributed by atoms with Gasteiger partial charge in [-0.2, -0.15) is 9.50 Å². The van der Waals surface area contributed by atoms with E-state index in [-0.39, 0.29) is 11.4 Å². The van der Waals surface area contributed by atoms with Crippen LogP contribution in [0.1, 0.15) is 18.4 Å². The molecule has 0 aliphatic carbocycles. The molecule has 0 atom stereocenters. The highest BCUT2D eigenvalue weighted by Crippen LogP contribution is 2.00. The minimum absolute atomic E-state index is 0.242. The van der Waals surface area contributed by atoms with Crippen LogP contribution in [0, 0.1) is 0 Å². The SMILES string of the molecule is C=C/C=C\C=C/Cc1nc2nc(CN/C=C/C=C(F)\C=C/C)cc(=O)n2[nH]1. The number of nitrogens with zero attached hydrogens (tertiary/aromatic N) is 3. The van der Waals surface area contributed by atoms with Gasteiger partial charge in [0.05, 0.1) is 12.2 Å².